The predicted octanol–water partition coefficient (Wildman–Crippen LogP) is 3.85. The van der Waals surface area contributed by atoms with Crippen molar-refractivity contribution in [3.8, 4) is 11.1 Å². The Hall–Kier alpha value is -1.61. The zero-order valence-corrected chi connectivity index (χ0v) is 12.3. The summed E-state index contributed by atoms with van der Waals surface area (Å²) in [4.78, 5) is 11.0. The van der Waals surface area contributed by atoms with Gasteiger partial charge >= 0.3 is 0 Å². The van der Waals surface area contributed by atoms with Crippen LogP contribution in [0, 0.1) is 0 Å². The van der Waals surface area contributed by atoms with Gasteiger partial charge in [0.1, 0.15) is 0 Å². The van der Waals surface area contributed by atoms with E-state index in [-0.39, 0.29) is 5.41 Å². The summed E-state index contributed by atoms with van der Waals surface area (Å²) in [5, 5.41) is 5.00. The Morgan fingerprint density at radius 3 is 2.58 bits per heavy atom. The maximum atomic E-state index is 11.0. The van der Waals surface area contributed by atoms with Gasteiger partial charge in [0, 0.05) is 29.8 Å². The molecule has 1 aromatic carbocycles. The monoisotopic (exact) mass is 276 g/mol. The lowest BCUT2D eigenvalue weighted by Crippen LogP contribution is -2.13. The van der Waals surface area contributed by atoms with E-state index in [9.17, 15) is 4.79 Å². The Bertz CT molecular complexity index is 624. The molecule has 1 heterocycles. The number of nitrogens with zero attached hydrogens (tertiary/aromatic N) is 2. The molecule has 0 bridgehead atoms. The fourth-order valence-electron chi connectivity index (χ4n) is 2.06. The molecule has 0 radical (unpaired) electrons. The van der Waals surface area contributed by atoms with Crippen molar-refractivity contribution in [2.75, 3.05) is 0 Å². The van der Waals surface area contributed by atoms with Crippen LogP contribution in [-0.2, 0) is 12.5 Å². The molecule has 0 atom stereocenters. The third kappa shape index (κ3) is 2.71. The first kappa shape index (κ1) is 13.8. The number of halogens is 1. The van der Waals surface area contributed by atoms with E-state index < -0.39 is 0 Å². The van der Waals surface area contributed by atoms with Crippen molar-refractivity contribution in [1.82, 2.24) is 9.78 Å². The summed E-state index contributed by atoms with van der Waals surface area (Å²) in [6.07, 6.45) is 2.75. The van der Waals surface area contributed by atoms with E-state index >= 15 is 0 Å². The van der Waals surface area contributed by atoms with Gasteiger partial charge in [0.05, 0.1) is 10.7 Å². The molecule has 100 valence electrons. The van der Waals surface area contributed by atoms with Gasteiger partial charge in [-0.25, -0.2) is 0 Å². The lowest BCUT2D eigenvalue weighted by Gasteiger charge is -2.17. The number of hydrogen-bond donors (Lipinski definition) is 0. The van der Waals surface area contributed by atoms with Gasteiger partial charge in [-0.2, -0.15) is 5.10 Å². The molecule has 0 aliphatic rings. The summed E-state index contributed by atoms with van der Waals surface area (Å²) in [5.41, 5.74) is 3.45. The van der Waals surface area contributed by atoms with Crippen LogP contribution in [-0.4, -0.2) is 16.1 Å². The standard InChI is InChI=1S/C15H17ClN2O/c1-15(2,3)14-12(8-18(4)17-14)10-5-6-13(16)11(7-10)9-19/h5-9H,1-4H3. The van der Waals surface area contributed by atoms with Crippen molar-refractivity contribution in [3.63, 3.8) is 0 Å². The van der Waals surface area contributed by atoms with Crippen LogP contribution in [0.15, 0.2) is 24.4 Å². The van der Waals surface area contributed by atoms with E-state index in [2.05, 4.69) is 25.9 Å². The van der Waals surface area contributed by atoms with Crippen LogP contribution in [0.3, 0.4) is 0 Å². The minimum absolute atomic E-state index is 0.0580. The summed E-state index contributed by atoms with van der Waals surface area (Å²) in [5.74, 6) is 0. The van der Waals surface area contributed by atoms with Crippen LogP contribution < -0.4 is 0 Å². The van der Waals surface area contributed by atoms with Gasteiger partial charge in [0.2, 0.25) is 0 Å². The fourth-order valence-corrected chi connectivity index (χ4v) is 2.22. The predicted molar refractivity (Wildman–Crippen MR) is 77.7 cm³/mol. The van der Waals surface area contributed by atoms with Crippen LogP contribution in [0.25, 0.3) is 11.1 Å². The molecule has 0 unspecified atom stereocenters. The molecule has 0 saturated heterocycles. The minimum Gasteiger partial charge on any atom is -0.298 e. The molecule has 0 fully saturated rings. The van der Waals surface area contributed by atoms with Gasteiger partial charge in [0.25, 0.3) is 0 Å². The molecule has 4 heteroatoms. The average molecular weight is 277 g/mol. The normalized spacial score (nSPS) is 11.6. The number of aryl methyl sites for hydroxylation is 1. The lowest BCUT2D eigenvalue weighted by atomic mass is 9.87. The number of aromatic nitrogens is 2. The lowest BCUT2D eigenvalue weighted by molar-refractivity contribution is 0.112. The highest BCUT2D eigenvalue weighted by Crippen LogP contribution is 2.33. The summed E-state index contributed by atoms with van der Waals surface area (Å²) in [7, 11) is 1.90. The first-order valence-corrected chi connectivity index (χ1v) is 6.50. The maximum absolute atomic E-state index is 11.0. The summed E-state index contributed by atoms with van der Waals surface area (Å²) in [6.45, 7) is 6.36. The number of benzene rings is 1. The molecule has 0 aliphatic carbocycles. The molecule has 0 spiro atoms. The molecule has 2 rings (SSSR count). The van der Waals surface area contributed by atoms with E-state index in [1.807, 2.05) is 25.4 Å². The van der Waals surface area contributed by atoms with Crippen molar-refractivity contribution < 1.29 is 4.79 Å². The van der Waals surface area contributed by atoms with Crippen LogP contribution in [0.5, 0.6) is 0 Å². The number of carbonyl (C=O) groups excluding carboxylic acids is 1. The van der Waals surface area contributed by atoms with E-state index in [0.717, 1.165) is 23.1 Å². The van der Waals surface area contributed by atoms with Crippen LogP contribution in [0.2, 0.25) is 5.02 Å². The summed E-state index contributed by atoms with van der Waals surface area (Å²) >= 11 is 5.97. The fraction of sp³-hybridized carbons (Fsp3) is 0.333. The zero-order valence-electron chi connectivity index (χ0n) is 11.6. The van der Waals surface area contributed by atoms with E-state index in [0.29, 0.717) is 10.6 Å². The second-order valence-corrected chi connectivity index (χ2v) is 6.08. The second-order valence-electron chi connectivity index (χ2n) is 5.67. The molecular weight excluding hydrogens is 260 g/mol. The Labute approximate surface area is 118 Å². The highest BCUT2D eigenvalue weighted by Gasteiger charge is 2.22. The van der Waals surface area contributed by atoms with Crippen molar-refractivity contribution in [1.29, 1.82) is 0 Å². The molecule has 3 nitrogen and oxygen atoms in total. The third-order valence-corrected chi connectivity index (χ3v) is 3.32. The smallest absolute Gasteiger partial charge is 0.151 e. The van der Waals surface area contributed by atoms with Gasteiger partial charge in [-0.15, -0.1) is 0 Å². The topological polar surface area (TPSA) is 34.9 Å². The summed E-state index contributed by atoms with van der Waals surface area (Å²) < 4.78 is 1.80. The van der Waals surface area contributed by atoms with Gasteiger partial charge in [-0.05, 0) is 17.7 Å². The zero-order chi connectivity index (χ0) is 14.2. The van der Waals surface area contributed by atoms with Crippen molar-refractivity contribution in [3.05, 3.63) is 40.7 Å². The first-order valence-electron chi connectivity index (χ1n) is 6.12. The maximum Gasteiger partial charge on any atom is 0.151 e. The number of rotatable bonds is 2. The van der Waals surface area contributed by atoms with E-state index in [1.54, 1.807) is 10.7 Å². The molecule has 0 N–H and O–H groups in total. The average Bonchev–Trinajstić information content (AvgIpc) is 2.72. The SMILES string of the molecule is Cn1cc(-c2ccc(Cl)c(C=O)c2)c(C(C)(C)C)n1. The number of aldehydes is 1. The Kier molecular flexibility index (Phi) is 3.50. The van der Waals surface area contributed by atoms with Gasteiger partial charge < -0.3 is 0 Å². The molecule has 1 aromatic heterocycles. The highest BCUT2D eigenvalue weighted by molar-refractivity contribution is 6.33. The van der Waals surface area contributed by atoms with Crippen LogP contribution in [0.1, 0.15) is 36.8 Å². The Morgan fingerprint density at radius 2 is 2.00 bits per heavy atom. The minimum atomic E-state index is -0.0580. The van der Waals surface area contributed by atoms with Crippen LogP contribution in [0.4, 0.5) is 0 Å². The summed E-state index contributed by atoms with van der Waals surface area (Å²) in [6, 6.07) is 5.48. The number of hydrogen-bond acceptors (Lipinski definition) is 2. The molecular formula is C15H17ClN2O. The third-order valence-electron chi connectivity index (χ3n) is 2.97. The Balaban J connectivity index is 2.62. The van der Waals surface area contributed by atoms with Crippen molar-refractivity contribution in [2.45, 2.75) is 26.2 Å². The van der Waals surface area contributed by atoms with E-state index in [1.165, 1.54) is 0 Å². The quantitative estimate of drug-likeness (QED) is 0.781. The van der Waals surface area contributed by atoms with E-state index in [4.69, 9.17) is 11.6 Å². The molecule has 0 amide bonds. The molecule has 0 aliphatic heterocycles. The molecule has 0 saturated carbocycles. The molecule has 2 aromatic rings. The van der Waals surface area contributed by atoms with Crippen molar-refractivity contribution >= 4 is 17.9 Å². The van der Waals surface area contributed by atoms with Gasteiger partial charge in [0.15, 0.2) is 6.29 Å². The van der Waals surface area contributed by atoms with Crippen molar-refractivity contribution in [2.24, 2.45) is 7.05 Å². The van der Waals surface area contributed by atoms with Gasteiger partial charge in [-0.1, -0.05) is 38.4 Å². The second kappa shape index (κ2) is 4.82. The van der Waals surface area contributed by atoms with Crippen LogP contribution >= 0.6 is 11.6 Å². The Morgan fingerprint density at radius 1 is 1.32 bits per heavy atom. The molecule has 19 heavy (non-hydrogen) atoms. The van der Waals surface area contributed by atoms with Gasteiger partial charge in [-0.3, -0.25) is 9.48 Å². The first-order chi connectivity index (χ1) is 8.82. The number of carbonyl (C=O) groups is 1. The largest absolute Gasteiger partial charge is 0.298 e. The highest BCUT2D eigenvalue weighted by atomic mass is 35.5.